The average molecular weight is 326 g/mol. The summed E-state index contributed by atoms with van der Waals surface area (Å²) < 4.78 is 7.20. The van der Waals surface area contributed by atoms with Crippen LogP contribution in [0.3, 0.4) is 0 Å². The minimum Gasteiger partial charge on any atom is -0.506 e. The van der Waals surface area contributed by atoms with Gasteiger partial charge in [0.2, 0.25) is 5.88 Å². The van der Waals surface area contributed by atoms with Crippen molar-refractivity contribution >= 4 is 22.6 Å². The summed E-state index contributed by atoms with van der Waals surface area (Å²) >= 11 is 0. The first-order chi connectivity index (χ1) is 11.5. The zero-order valence-corrected chi connectivity index (χ0v) is 13.7. The normalized spacial score (nSPS) is 10.8. The minimum atomic E-state index is -0.381. The van der Waals surface area contributed by atoms with Gasteiger partial charge in [0.1, 0.15) is 5.75 Å². The second kappa shape index (κ2) is 6.19. The number of fused-ring (bicyclic) bond motifs is 1. The number of rotatable bonds is 4. The van der Waals surface area contributed by atoms with E-state index in [1.165, 1.54) is 6.07 Å². The molecule has 7 heteroatoms. The Balaban J connectivity index is 1.76. The molecule has 7 nitrogen and oxygen atoms in total. The summed E-state index contributed by atoms with van der Waals surface area (Å²) in [5.41, 5.74) is 2.93. The maximum Gasteiger partial charge on any atom is 0.262 e. The van der Waals surface area contributed by atoms with Crippen molar-refractivity contribution in [3.63, 3.8) is 0 Å². The topological polar surface area (TPSA) is 89.3 Å². The molecule has 0 saturated heterocycles. The van der Waals surface area contributed by atoms with Gasteiger partial charge in [-0.25, -0.2) is 9.67 Å². The van der Waals surface area contributed by atoms with Crippen LogP contribution in [-0.4, -0.2) is 32.4 Å². The fourth-order valence-corrected chi connectivity index (χ4v) is 2.55. The van der Waals surface area contributed by atoms with Gasteiger partial charge in [-0.3, -0.25) is 4.79 Å². The van der Waals surface area contributed by atoms with E-state index >= 15 is 0 Å². The molecule has 0 saturated carbocycles. The van der Waals surface area contributed by atoms with E-state index in [1.807, 2.05) is 19.9 Å². The number of anilines is 1. The number of phenolic OH excluding ortho intramolecular Hbond substituents is 1. The molecule has 1 amide bonds. The highest BCUT2D eigenvalue weighted by atomic mass is 16.5. The molecule has 2 aromatic heterocycles. The summed E-state index contributed by atoms with van der Waals surface area (Å²) in [6, 6.07) is 8.46. The SMILES string of the molecule is Cc1cc(C)c2c(OCC(=O)Nc3ccccc3O)nn(C)c2n1. The zero-order chi connectivity index (χ0) is 17.3. The molecule has 0 aliphatic carbocycles. The highest BCUT2D eigenvalue weighted by molar-refractivity contribution is 5.93. The molecule has 0 unspecified atom stereocenters. The number of hydrogen-bond acceptors (Lipinski definition) is 5. The van der Waals surface area contributed by atoms with Crippen molar-refractivity contribution in [2.75, 3.05) is 11.9 Å². The summed E-state index contributed by atoms with van der Waals surface area (Å²) in [5, 5.41) is 17.3. The van der Waals surface area contributed by atoms with Gasteiger partial charge >= 0.3 is 0 Å². The van der Waals surface area contributed by atoms with E-state index in [-0.39, 0.29) is 18.3 Å². The van der Waals surface area contributed by atoms with Crippen LogP contribution in [0.15, 0.2) is 30.3 Å². The molecule has 0 fully saturated rings. The molecule has 124 valence electrons. The van der Waals surface area contributed by atoms with Crippen LogP contribution in [0.5, 0.6) is 11.6 Å². The van der Waals surface area contributed by atoms with Gasteiger partial charge in [0.15, 0.2) is 12.3 Å². The summed E-state index contributed by atoms with van der Waals surface area (Å²) in [6.07, 6.45) is 0. The number of ether oxygens (including phenoxy) is 1. The van der Waals surface area contributed by atoms with Crippen molar-refractivity contribution in [1.82, 2.24) is 14.8 Å². The van der Waals surface area contributed by atoms with Crippen LogP contribution in [0.1, 0.15) is 11.3 Å². The number of amides is 1. The van der Waals surface area contributed by atoms with Crippen LogP contribution in [0, 0.1) is 13.8 Å². The summed E-state index contributed by atoms with van der Waals surface area (Å²) in [5.74, 6) is -0.0115. The maximum absolute atomic E-state index is 12.0. The van der Waals surface area contributed by atoms with Gasteiger partial charge in [0.05, 0.1) is 11.1 Å². The maximum atomic E-state index is 12.0. The zero-order valence-electron chi connectivity index (χ0n) is 13.7. The Kier molecular flexibility index (Phi) is 4.07. The third kappa shape index (κ3) is 3.01. The molecule has 0 bridgehead atoms. The number of nitrogens with zero attached hydrogens (tertiary/aromatic N) is 3. The van der Waals surface area contributed by atoms with Crippen LogP contribution in [0.25, 0.3) is 11.0 Å². The van der Waals surface area contributed by atoms with E-state index < -0.39 is 0 Å². The lowest BCUT2D eigenvalue weighted by molar-refractivity contribution is -0.118. The van der Waals surface area contributed by atoms with Crippen LogP contribution in [-0.2, 0) is 11.8 Å². The molecule has 24 heavy (non-hydrogen) atoms. The molecule has 1 aromatic carbocycles. The monoisotopic (exact) mass is 326 g/mol. The van der Waals surface area contributed by atoms with Crippen molar-refractivity contribution in [2.24, 2.45) is 7.05 Å². The van der Waals surface area contributed by atoms with E-state index in [0.717, 1.165) is 16.6 Å². The van der Waals surface area contributed by atoms with Crippen molar-refractivity contribution in [3.8, 4) is 11.6 Å². The quantitative estimate of drug-likeness (QED) is 0.718. The Morgan fingerprint density at radius 3 is 2.83 bits per heavy atom. The Labute approximate surface area is 138 Å². The van der Waals surface area contributed by atoms with Crippen molar-refractivity contribution in [3.05, 3.63) is 41.6 Å². The third-order valence-electron chi connectivity index (χ3n) is 3.60. The van der Waals surface area contributed by atoms with Crippen LogP contribution >= 0.6 is 0 Å². The molecule has 0 aliphatic heterocycles. The summed E-state index contributed by atoms with van der Waals surface area (Å²) in [7, 11) is 1.78. The molecule has 2 N–H and O–H groups in total. The van der Waals surface area contributed by atoms with Gasteiger partial charge in [-0.2, -0.15) is 0 Å². The standard InChI is InChI=1S/C17H18N4O3/c1-10-8-11(2)18-16-15(10)17(20-21(16)3)24-9-14(23)19-12-6-4-5-7-13(12)22/h4-8,22H,9H2,1-3H3,(H,19,23). The van der Waals surface area contributed by atoms with E-state index in [0.29, 0.717) is 17.2 Å². The Hall–Kier alpha value is -3.09. The number of para-hydroxylation sites is 2. The van der Waals surface area contributed by atoms with Gasteiger partial charge in [-0.05, 0) is 37.6 Å². The highest BCUT2D eigenvalue weighted by Crippen LogP contribution is 2.27. The molecule has 3 rings (SSSR count). The number of aromatic nitrogens is 3. The number of nitrogens with one attached hydrogen (secondary N) is 1. The number of pyridine rings is 1. The van der Waals surface area contributed by atoms with Crippen molar-refractivity contribution in [1.29, 1.82) is 0 Å². The van der Waals surface area contributed by atoms with E-state index in [1.54, 1.807) is 29.9 Å². The molecule has 0 atom stereocenters. The fourth-order valence-electron chi connectivity index (χ4n) is 2.55. The number of aromatic hydroxyl groups is 1. The lowest BCUT2D eigenvalue weighted by atomic mass is 10.2. The highest BCUT2D eigenvalue weighted by Gasteiger charge is 2.16. The van der Waals surface area contributed by atoms with E-state index in [9.17, 15) is 9.90 Å². The van der Waals surface area contributed by atoms with Gasteiger partial charge in [0, 0.05) is 12.7 Å². The Bertz CT molecular complexity index is 918. The number of benzene rings is 1. The smallest absolute Gasteiger partial charge is 0.262 e. The third-order valence-corrected chi connectivity index (χ3v) is 3.60. The lowest BCUT2D eigenvalue weighted by Gasteiger charge is -2.07. The number of carbonyl (C=O) groups is 1. The van der Waals surface area contributed by atoms with Gasteiger partial charge in [-0.1, -0.05) is 12.1 Å². The predicted molar refractivity (Wildman–Crippen MR) is 90.2 cm³/mol. The van der Waals surface area contributed by atoms with Crippen molar-refractivity contribution in [2.45, 2.75) is 13.8 Å². The van der Waals surface area contributed by atoms with E-state index in [4.69, 9.17) is 4.74 Å². The van der Waals surface area contributed by atoms with E-state index in [2.05, 4.69) is 15.4 Å². The molecule has 0 spiro atoms. The first-order valence-electron chi connectivity index (χ1n) is 7.47. The second-order valence-electron chi connectivity index (χ2n) is 5.56. The number of carbonyl (C=O) groups excluding carboxylic acids is 1. The number of hydrogen-bond donors (Lipinski definition) is 2. The first-order valence-corrected chi connectivity index (χ1v) is 7.47. The number of phenols is 1. The first kappa shape index (κ1) is 15.8. The Morgan fingerprint density at radius 1 is 1.33 bits per heavy atom. The predicted octanol–water partition coefficient (Wildman–Crippen LogP) is 2.31. The second-order valence-corrected chi connectivity index (χ2v) is 5.56. The fraction of sp³-hybridized carbons (Fsp3) is 0.235. The van der Waals surface area contributed by atoms with Crippen LogP contribution < -0.4 is 10.1 Å². The van der Waals surface area contributed by atoms with Crippen molar-refractivity contribution < 1.29 is 14.6 Å². The largest absolute Gasteiger partial charge is 0.506 e. The summed E-state index contributed by atoms with van der Waals surface area (Å²) in [6.45, 7) is 3.65. The molecular weight excluding hydrogens is 308 g/mol. The molecule has 3 aromatic rings. The molecule has 0 radical (unpaired) electrons. The molecule has 0 aliphatic rings. The number of aryl methyl sites for hydroxylation is 3. The minimum absolute atomic E-state index is 0.00431. The van der Waals surface area contributed by atoms with Gasteiger partial charge in [-0.15, -0.1) is 5.10 Å². The van der Waals surface area contributed by atoms with Crippen LogP contribution in [0.2, 0.25) is 0 Å². The summed E-state index contributed by atoms with van der Waals surface area (Å²) in [4.78, 5) is 16.5. The van der Waals surface area contributed by atoms with Gasteiger partial charge < -0.3 is 15.2 Å². The van der Waals surface area contributed by atoms with Crippen LogP contribution in [0.4, 0.5) is 5.69 Å². The average Bonchev–Trinajstić information content (AvgIpc) is 2.84. The molecule has 2 heterocycles. The molecular formula is C17H18N4O3. The Morgan fingerprint density at radius 2 is 2.08 bits per heavy atom. The van der Waals surface area contributed by atoms with Gasteiger partial charge in [0.25, 0.3) is 5.91 Å². The lowest BCUT2D eigenvalue weighted by Crippen LogP contribution is -2.20.